The Morgan fingerprint density at radius 1 is 1.48 bits per heavy atom. The maximum atomic E-state index is 11.7. The first-order valence-electron chi connectivity index (χ1n) is 6.46. The van der Waals surface area contributed by atoms with Crippen molar-refractivity contribution in [3.05, 3.63) is 32.8 Å². The average Bonchev–Trinajstić information content (AvgIpc) is 2.44. The minimum absolute atomic E-state index is 0.0203. The van der Waals surface area contributed by atoms with Crippen molar-refractivity contribution < 1.29 is 19.2 Å². The van der Waals surface area contributed by atoms with Gasteiger partial charge in [0.2, 0.25) is 0 Å². The molecule has 7 nitrogen and oxygen atoms in total. The molecule has 0 spiro atoms. The molecule has 0 aromatic heterocycles. The number of carbonyl (C=O) groups is 1. The van der Waals surface area contributed by atoms with Gasteiger partial charge in [-0.25, -0.2) is 0 Å². The van der Waals surface area contributed by atoms with E-state index in [0.29, 0.717) is 12.3 Å². The topological polar surface area (TPSA) is 90.7 Å². The van der Waals surface area contributed by atoms with Gasteiger partial charge in [0.15, 0.2) is 0 Å². The predicted octanol–water partition coefficient (Wildman–Crippen LogP) is 2.28. The largest absolute Gasteiger partial charge is 0.490 e. The van der Waals surface area contributed by atoms with Crippen LogP contribution in [-0.2, 0) is 9.53 Å². The van der Waals surface area contributed by atoms with Gasteiger partial charge < -0.3 is 14.8 Å². The van der Waals surface area contributed by atoms with E-state index < -0.39 is 16.9 Å². The zero-order valence-electron chi connectivity index (χ0n) is 11.8. The molecule has 0 saturated carbocycles. The van der Waals surface area contributed by atoms with Crippen LogP contribution in [0.25, 0.3) is 0 Å². The number of nitrogens with one attached hydrogen (secondary N) is 1. The van der Waals surface area contributed by atoms with Gasteiger partial charge in [-0.05, 0) is 35.5 Å². The number of halogens is 1. The molecule has 0 aliphatic carbocycles. The van der Waals surface area contributed by atoms with E-state index in [9.17, 15) is 14.9 Å². The van der Waals surface area contributed by atoms with Crippen molar-refractivity contribution in [3.63, 3.8) is 0 Å². The summed E-state index contributed by atoms with van der Waals surface area (Å²) in [5.74, 6) is -0.114. The van der Waals surface area contributed by atoms with Crippen LogP contribution < -0.4 is 10.1 Å². The van der Waals surface area contributed by atoms with Crippen LogP contribution in [-0.4, -0.2) is 36.7 Å². The average molecular weight is 361 g/mol. The van der Waals surface area contributed by atoms with Crippen molar-refractivity contribution in [2.24, 2.45) is 0 Å². The van der Waals surface area contributed by atoms with E-state index in [0.717, 1.165) is 0 Å². The van der Waals surface area contributed by atoms with Gasteiger partial charge in [0.1, 0.15) is 22.9 Å². The second-order valence-electron chi connectivity index (χ2n) is 4.02. The molecule has 0 aliphatic rings. The lowest BCUT2D eigenvalue weighted by Gasteiger charge is -2.17. The summed E-state index contributed by atoms with van der Waals surface area (Å²) >= 11 is 3.14. The zero-order valence-corrected chi connectivity index (χ0v) is 13.4. The normalized spacial score (nSPS) is 11.8. The third kappa shape index (κ3) is 4.98. The predicted molar refractivity (Wildman–Crippen MR) is 80.4 cm³/mol. The summed E-state index contributed by atoms with van der Waals surface area (Å²) in [5.41, 5.74) is -0.0939. The Bertz CT molecular complexity index is 509. The molecule has 8 heteroatoms. The van der Waals surface area contributed by atoms with Crippen molar-refractivity contribution in [2.75, 3.05) is 19.8 Å². The van der Waals surface area contributed by atoms with Crippen LogP contribution in [0.3, 0.4) is 0 Å². The molecule has 1 aromatic rings. The lowest BCUT2D eigenvalue weighted by atomic mass is 10.3. The van der Waals surface area contributed by atoms with Gasteiger partial charge >= 0.3 is 5.97 Å². The number of esters is 1. The van der Waals surface area contributed by atoms with Crippen LogP contribution in [0.2, 0.25) is 0 Å². The first kappa shape index (κ1) is 17.4. The van der Waals surface area contributed by atoms with E-state index in [4.69, 9.17) is 9.47 Å². The number of hydrogen-bond acceptors (Lipinski definition) is 6. The molecule has 1 rings (SSSR count). The summed E-state index contributed by atoms with van der Waals surface area (Å²) in [6.07, 6.45) is 0. The van der Waals surface area contributed by atoms with E-state index in [1.54, 1.807) is 13.0 Å². The summed E-state index contributed by atoms with van der Waals surface area (Å²) in [4.78, 5) is 22.1. The van der Waals surface area contributed by atoms with Gasteiger partial charge in [-0.2, -0.15) is 0 Å². The first-order chi connectivity index (χ1) is 10.0. The molecule has 1 aromatic carbocycles. The van der Waals surface area contributed by atoms with E-state index in [1.165, 1.54) is 12.1 Å². The minimum atomic E-state index is -0.624. The number of nitro benzene ring substituents is 1. The number of rotatable bonds is 8. The number of likely N-dealkylation sites (N-methyl/N-ethyl adjacent to an activating group) is 1. The Labute approximate surface area is 130 Å². The molecule has 1 N–H and O–H groups in total. The summed E-state index contributed by atoms with van der Waals surface area (Å²) in [6.45, 7) is 4.45. The first-order valence-corrected chi connectivity index (χ1v) is 7.26. The number of benzene rings is 1. The lowest BCUT2D eigenvalue weighted by molar-refractivity contribution is -0.385. The van der Waals surface area contributed by atoms with Crippen molar-refractivity contribution in [2.45, 2.75) is 19.9 Å². The summed E-state index contributed by atoms with van der Waals surface area (Å²) in [7, 11) is 0. The summed E-state index contributed by atoms with van der Waals surface area (Å²) in [5, 5.41) is 13.8. The van der Waals surface area contributed by atoms with Gasteiger partial charge in [-0.1, -0.05) is 13.0 Å². The molecule has 0 saturated heterocycles. The van der Waals surface area contributed by atoms with E-state index in [2.05, 4.69) is 21.2 Å². The zero-order chi connectivity index (χ0) is 15.8. The second-order valence-corrected chi connectivity index (χ2v) is 4.81. The molecule has 1 atom stereocenters. The third-order valence-electron chi connectivity index (χ3n) is 2.57. The molecular formula is C13H17BrN2O5. The van der Waals surface area contributed by atoms with Gasteiger partial charge in [-0.3, -0.25) is 14.9 Å². The number of nitrogens with zero attached hydrogens (tertiary/aromatic N) is 1. The van der Waals surface area contributed by atoms with Crippen LogP contribution >= 0.6 is 15.9 Å². The highest BCUT2D eigenvalue weighted by Crippen LogP contribution is 2.33. The Balaban J connectivity index is 2.78. The van der Waals surface area contributed by atoms with Crippen molar-refractivity contribution >= 4 is 27.6 Å². The summed E-state index contributed by atoms with van der Waals surface area (Å²) in [6, 6.07) is 3.85. The fourth-order valence-electron chi connectivity index (χ4n) is 1.62. The maximum absolute atomic E-state index is 11.7. The van der Waals surface area contributed by atoms with Crippen LogP contribution in [0.4, 0.5) is 5.69 Å². The molecule has 0 radical (unpaired) electrons. The van der Waals surface area contributed by atoms with Crippen LogP contribution in [0.1, 0.15) is 13.8 Å². The van der Waals surface area contributed by atoms with Crippen LogP contribution in [0.15, 0.2) is 22.7 Å². The van der Waals surface area contributed by atoms with Gasteiger partial charge in [0.05, 0.1) is 11.5 Å². The fourth-order valence-corrected chi connectivity index (χ4v) is 2.15. The SMILES string of the molecule is CCNC(COc1cccc([N+](=O)[O-])c1Br)C(=O)OCC. The van der Waals surface area contributed by atoms with Crippen molar-refractivity contribution in [3.8, 4) is 5.75 Å². The van der Waals surface area contributed by atoms with Crippen LogP contribution in [0.5, 0.6) is 5.75 Å². The Hall–Kier alpha value is -1.67. The molecular weight excluding hydrogens is 344 g/mol. The quantitative estimate of drug-likeness (QED) is 0.434. The number of nitro groups is 1. The Morgan fingerprint density at radius 2 is 2.19 bits per heavy atom. The molecule has 116 valence electrons. The number of carbonyl (C=O) groups excluding carboxylic acids is 1. The summed E-state index contributed by atoms with van der Waals surface area (Å²) < 4.78 is 10.7. The lowest BCUT2D eigenvalue weighted by Crippen LogP contribution is -2.42. The van der Waals surface area contributed by atoms with Gasteiger partial charge in [0.25, 0.3) is 5.69 Å². The molecule has 0 bridgehead atoms. The van der Waals surface area contributed by atoms with E-state index >= 15 is 0 Å². The number of ether oxygens (including phenoxy) is 2. The number of hydrogen-bond donors (Lipinski definition) is 1. The minimum Gasteiger partial charge on any atom is -0.490 e. The monoisotopic (exact) mass is 360 g/mol. The highest BCUT2D eigenvalue weighted by Gasteiger charge is 2.21. The highest BCUT2D eigenvalue weighted by molar-refractivity contribution is 9.10. The van der Waals surface area contributed by atoms with Crippen LogP contribution in [0, 0.1) is 10.1 Å². The highest BCUT2D eigenvalue weighted by atomic mass is 79.9. The van der Waals surface area contributed by atoms with E-state index in [1.807, 2.05) is 6.92 Å². The second kappa shape index (κ2) is 8.58. The molecule has 0 aliphatic heterocycles. The molecule has 0 fully saturated rings. The molecule has 0 amide bonds. The maximum Gasteiger partial charge on any atom is 0.326 e. The fraction of sp³-hybridized carbons (Fsp3) is 0.462. The van der Waals surface area contributed by atoms with Gasteiger partial charge in [-0.15, -0.1) is 0 Å². The van der Waals surface area contributed by atoms with Crippen molar-refractivity contribution in [1.82, 2.24) is 5.32 Å². The molecule has 1 unspecified atom stereocenters. The van der Waals surface area contributed by atoms with Crippen molar-refractivity contribution in [1.29, 1.82) is 0 Å². The Kier molecular flexibility index (Phi) is 7.10. The standard InChI is InChI=1S/C13H17BrN2O5/c1-3-15-9(13(17)20-4-2)8-21-11-7-5-6-10(12(11)14)16(18)19/h5-7,9,15H,3-4,8H2,1-2H3. The molecule has 0 heterocycles. The van der Waals surface area contributed by atoms with Gasteiger partial charge in [0, 0.05) is 6.07 Å². The Morgan fingerprint density at radius 3 is 2.76 bits per heavy atom. The smallest absolute Gasteiger partial charge is 0.326 e. The van der Waals surface area contributed by atoms with E-state index in [-0.39, 0.29) is 23.4 Å². The third-order valence-corrected chi connectivity index (χ3v) is 3.36. The molecule has 21 heavy (non-hydrogen) atoms.